The molecule has 0 aromatic heterocycles. The highest BCUT2D eigenvalue weighted by Gasteiger charge is 2.37. The Morgan fingerprint density at radius 3 is 2.62 bits per heavy atom. The van der Waals surface area contributed by atoms with Gasteiger partial charge < -0.3 is 5.11 Å². The Kier molecular flexibility index (Phi) is 2.57. The highest BCUT2D eigenvalue weighted by atomic mass is 19.1. The van der Waals surface area contributed by atoms with E-state index >= 15 is 0 Å². The van der Waals surface area contributed by atoms with E-state index in [2.05, 4.69) is 0 Å². The molecule has 0 fully saturated rings. The summed E-state index contributed by atoms with van der Waals surface area (Å²) in [5.74, 6) is -0.327. The third-order valence-electron chi connectivity index (χ3n) is 2.78. The number of carbonyl (C=O) groups excluding carboxylic acids is 1. The lowest BCUT2D eigenvalue weighted by Gasteiger charge is -2.34. The normalized spacial score (nSPS) is 28.1. The van der Waals surface area contributed by atoms with Gasteiger partial charge in [0.15, 0.2) is 5.78 Å². The van der Waals surface area contributed by atoms with E-state index in [0.717, 1.165) is 0 Å². The second-order valence-electron chi connectivity index (χ2n) is 4.21. The number of Topliss-reactive ketones (excluding diaryl/α,β-unsaturated/α-hetero) is 1. The molecule has 1 atom stereocenters. The lowest BCUT2D eigenvalue weighted by atomic mass is 9.71. The van der Waals surface area contributed by atoms with Crippen LogP contribution in [0.3, 0.4) is 0 Å². The van der Waals surface area contributed by atoms with Gasteiger partial charge in [-0.25, -0.2) is 4.39 Å². The smallest absolute Gasteiger partial charge is 0.187 e. The van der Waals surface area contributed by atoms with Crippen molar-refractivity contribution in [1.82, 2.24) is 0 Å². The summed E-state index contributed by atoms with van der Waals surface area (Å²) in [4.78, 5) is 11.3. The van der Waals surface area contributed by atoms with E-state index in [0.29, 0.717) is 17.6 Å². The molecule has 0 heterocycles. The third kappa shape index (κ3) is 1.66. The van der Waals surface area contributed by atoms with Gasteiger partial charge in [-0.15, -0.1) is 0 Å². The van der Waals surface area contributed by atoms with Crippen molar-refractivity contribution in [2.45, 2.75) is 33.3 Å². The molecule has 1 unspecified atom stereocenters. The van der Waals surface area contributed by atoms with Crippen molar-refractivity contribution in [3.05, 3.63) is 11.1 Å². The van der Waals surface area contributed by atoms with Gasteiger partial charge in [0.1, 0.15) is 12.8 Å². The quantitative estimate of drug-likeness (QED) is 0.675. The van der Waals surface area contributed by atoms with Gasteiger partial charge in [-0.05, 0) is 29.9 Å². The lowest BCUT2D eigenvalue weighted by molar-refractivity contribution is -0.125. The maximum Gasteiger partial charge on any atom is 0.187 e. The molecule has 1 N–H and O–H groups in total. The first-order valence-electron chi connectivity index (χ1n) is 4.38. The van der Waals surface area contributed by atoms with Crippen molar-refractivity contribution in [2.75, 3.05) is 6.67 Å². The zero-order valence-electron chi connectivity index (χ0n) is 8.22. The molecule has 0 saturated heterocycles. The molecule has 0 radical (unpaired) electrons. The van der Waals surface area contributed by atoms with Crippen LogP contribution in [0.4, 0.5) is 4.39 Å². The summed E-state index contributed by atoms with van der Waals surface area (Å²) in [5, 5.41) is 9.39. The Morgan fingerprint density at radius 2 is 2.15 bits per heavy atom. The number of allylic oxidation sites excluding steroid dienone is 1. The fourth-order valence-electron chi connectivity index (χ4n) is 1.89. The van der Waals surface area contributed by atoms with Crippen molar-refractivity contribution in [3.63, 3.8) is 0 Å². The number of hydrogen-bond acceptors (Lipinski definition) is 2. The zero-order chi connectivity index (χ0) is 10.2. The highest BCUT2D eigenvalue weighted by Crippen LogP contribution is 2.38. The first-order valence-corrected chi connectivity index (χ1v) is 4.38. The van der Waals surface area contributed by atoms with Gasteiger partial charge in [-0.3, -0.25) is 4.79 Å². The molecule has 2 nitrogen and oxygen atoms in total. The van der Waals surface area contributed by atoms with Crippen LogP contribution >= 0.6 is 0 Å². The van der Waals surface area contributed by atoms with Crippen molar-refractivity contribution in [1.29, 1.82) is 0 Å². The minimum atomic E-state index is -0.953. The molecule has 0 bridgehead atoms. The Hall–Kier alpha value is -0.700. The average molecular weight is 186 g/mol. The first kappa shape index (κ1) is 10.4. The SMILES string of the molecule is CC1=C(CF)C(C)(C)CC(O)C1=O. The van der Waals surface area contributed by atoms with Gasteiger partial charge in [0.05, 0.1) is 0 Å². The maximum absolute atomic E-state index is 12.6. The molecule has 1 rings (SSSR count). The number of rotatable bonds is 1. The standard InChI is InChI=1S/C10H15FO2/c1-6-7(5-11)10(2,3)4-8(12)9(6)13/h8,12H,4-5H2,1-3H3. The van der Waals surface area contributed by atoms with Crippen molar-refractivity contribution in [3.8, 4) is 0 Å². The van der Waals surface area contributed by atoms with Gasteiger partial charge in [0.25, 0.3) is 0 Å². The predicted octanol–water partition coefficient (Wildman–Crippen LogP) is 1.63. The zero-order valence-corrected chi connectivity index (χ0v) is 8.22. The van der Waals surface area contributed by atoms with E-state index in [4.69, 9.17) is 0 Å². The molecule has 0 aromatic rings. The van der Waals surface area contributed by atoms with E-state index in [9.17, 15) is 14.3 Å². The Labute approximate surface area is 77.4 Å². The summed E-state index contributed by atoms with van der Waals surface area (Å²) in [6, 6.07) is 0. The van der Waals surface area contributed by atoms with Crippen LogP contribution < -0.4 is 0 Å². The molecule has 3 heteroatoms. The van der Waals surface area contributed by atoms with Crippen molar-refractivity contribution < 1.29 is 14.3 Å². The van der Waals surface area contributed by atoms with Gasteiger partial charge in [-0.2, -0.15) is 0 Å². The molecule has 0 aliphatic heterocycles. The first-order chi connectivity index (χ1) is 5.90. The van der Waals surface area contributed by atoms with Crippen LogP contribution in [0.1, 0.15) is 27.2 Å². The molecule has 0 saturated carbocycles. The minimum absolute atomic E-state index is 0.322. The lowest BCUT2D eigenvalue weighted by Crippen LogP contribution is -2.36. The number of alkyl halides is 1. The average Bonchev–Trinajstić information content (AvgIpc) is 2.00. The van der Waals surface area contributed by atoms with Crippen molar-refractivity contribution >= 4 is 5.78 Å². The number of aliphatic hydroxyl groups excluding tert-OH is 1. The van der Waals surface area contributed by atoms with Crippen LogP contribution in [0.25, 0.3) is 0 Å². The van der Waals surface area contributed by atoms with Gasteiger partial charge in [-0.1, -0.05) is 13.8 Å². The maximum atomic E-state index is 12.6. The molecule has 1 aliphatic carbocycles. The van der Waals surface area contributed by atoms with Crippen LogP contribution in [-0.2, 0) is 4.79 Å². The monoisotopic (exact) mass is 186 g/mol. The summed E-state index contributed by atoms with van der Waals surface area (Å²) in [6.07, 6.45) is -0.632. The molecule has 0 spiro atoms. The van der Waals surface area contributed by atoms with E-state index in [1.807, 2.05) is 13.8 Å². The predicted molar refractivity (Wildman–Crippen MR) is 48.1 cm³/mol. The van der Waals surface area contributed by atoms with E-state index in [1.165, 1.54) is 0 Å². The molecular weight excluding hydrogens is 171 g/mol. The molecule has 1 aliphatic rings. The largest absolute Gasteiger partial charge is 0.385 e. The fraction of sp³-hybridized carbons (Fsp3) is 0.700. The fourth-order valence-corrected chi connectivity index (χ4v) is 1.89. The number of ketones is 1. The van der Waals surface area contributed by atoms with Crippen LogP contribution in [0.15, 0.2) is 11.1 Å². The summed E-state index contributed by atoms with van der Waals surface area (Å²) in [5.41, 5.74) is 0.528. The van der Waals surface area contributed by atoms with Crippen LogP contribution in [0.2, 0.25) is 0 Å². The van der Waals surface area contributed by atoms with E-state index < -0.39 is 18.2 Å². The Balaban J connectivity index is 3.16. The minimum Gasteiger partial charge on any atom is -0.385 e. The number of hydrogen-bond donors (Lipinski definition) is 1. The molecule has 74 valence electrons. The number of halogens is 1. The molecule has 13 heavy (non-hydrogen) atoms. The number of carbonyl (C=O) groups is 1. The highest BCUT2D eigenvalue weighted by molar-refractivity contribution is 6.00. The van der Waals surface area contributed by atoms with Gasteiger partial charge in [0, 0.05) is 0 Å². The topological polar surface area (TPSA) is 37.3 Å². The molecule has 0 amide bonds. The second kappa shape index (κ2) is 3.22. The van der Waals surface area contributed by atoms with Crippen LogP contribution in [-0.4, -0.2) is 23.7 Å². The van der Waals surface area contributed by atoms with Crippen LogP contribution in [0, 0.1) is 5.41 Å². The van der Waals surface area contributed by atoms with Crippen molar-refractivity contribution in [2.24, 2.45) is 5.41 Å². The van der Waals surface area contributed by atoms with Gasteiger partial charge >= 0.3 is 0 Å². The van der Waals surface area contributed by atoms with Crippen LogP contribution in [0.5, 0.6) is 0 Å². The summed E-state index contributed by atoms with van der Waals surface area (Å²) in [6.45, 7) is 4.68. The van der Waals surface area contributed by atoms with E-state index in [-0.39, 0.29) is 5.78 Å². The second-order valence-corrected chi connectivity index (χ2v) is 4.21. The summed E-state index contributed by atoms with van der Waals surface area (Å²) >= 11 is 0. The molecular formula is C10H15FO2. The Bertz CT molecular complexity index is 266. The Morgan fingerprint density at radius 1 is 1.62 bits per heavy atom. The third-order valence-corrected chi connectivity index (χ3v) is 2.78. The number of aliphatic hydroxyl groups is 1. The summed E-state index contributed by atoms with van der Waals surface area (Å²) in [7, 11) is 0. The van der Waals surface area contributed by atoms with E-state index in [1.54, 1.807) is 6.92 Å². The van der Waals surface area contributed by atoms with Gasteiger partial charge in [0.2, 0.25) is 0 Å². The summed E-state index contributed by atoms with van der Waals surface area (Å²) < 4.78 is 12.6. The molecule has 0 aromatic carbocycles.